The lowest BCUT2D eigenvalue weighted by Gasteiger charge is -2.14. The summed E-state index contributed by atoms with van der Waals surface area (Å²) in [4.78, 5) is 22.7. The van der Waals surface area contributed by atoms with Crippen molar-refractivity contribution in [1.29, 1.82) is 0 Å². The molecule has 122 valence electrons. The second-order valence-corrected chi connectivity index (χ2v) is 5.43. The largest absolute Gasteiger partial charge is 0.493 e. The molecule has 0 heterocycles. The highest BCUT2D eigenvalue weighted by molar-refractivity contribution is 5.97. The average molecular weight is 309 g/mol. The topological polar surface area (TPSA) is 84.9 Å². The van der Waals surface area contributed by atoms with Gasteiger partial charge in [0.25, 0.3) is 5.91 Å². The fourth-order valence-corrected chi connectivity index (χ4v) is 1.67. The lowest BCUT2D eigenvalue weighted by Crippen LogP contribution is -2.38. The third kappa shape index (κ3) is 5.27. The van der Waals surface area contributed by atoms with E-state index in [1.807, 2.05) is 0 Å². The number of hydrogen-bond donors (Lipinski definition) is 2. The maximum atomic E-state index is 12.0. The molecule has 6 nitrogen and oxygen atoms in total. The molecule has 1 rings (SSSR count). The molecule has 1 atom stereocenters. The molecular formula is C16H23NO5. The minimum Gasteiger partial charge on any atom is -0.493 e. The molecular weight excluding hydrogens is 286 g/mol. The van der Waals surface area contributed by atoms with Crippen LogP contribution in [0.2, 0.25) is 0 Å². The van der Waals surface area contributed by atoms with Gasteiger partial charge in [0.2, 0.25) is 0 Å². The van der Waals surface area contributed by atoms with Crippen LogP contribution in [0.5, 0.6) is 11.5 Å². The van der Waals surface area contributed by atoms with Gasteiger partial charge >= 0.3 is 5.97 Å². The van der Waals surface area contributed by atoms with Crippen LogP contribution in [-0.2, 0) is 4.79 Å². The van der Waals surface area contributed by atoms with Gasteiger partial charge in [-0.1, -0.05) is 13.8 Å². The van der Waals surface area contributed by atoms with Gasteiger partial charge in [0.15, 0.2) is 11.5 Å². The zero-order valence-corrected chi connectivity index (χ0v) is 13.4. The molecule has 0 aliphatic carbocycles. The lowest BCUT2D eigenvalue weighted by molar-refractivity contribution is -0.138. The lowest BCUT2D eigenvalue weighted by atomic mass is 10.1. The third-order valence-corrected chi connectivity index (χ3v) is 3.10. The number of rotatable bonds is 8. The van der Waals surface area contributed by atoms with Crippen LogP contribution in [0.15, 0.2) is 18.2 Å². The quantitative estimate of drug-likeness (QED) is 0.770. The van der Waals surface area contributed by atoms with E-state index in [1.165, 1.54) is 20.1 Å². The Morgan fingerprint density at radius 2 is 1.91 bits per heavy atom. The maximum absolute atomic E-state index is 12.0. The number of hydrogen-bond acceptors (Lipinski definition) is 4. The van der Waals surface area contributed by atoms with Crippen LogP contribution in [0.4, 0.5) is 0 Å². The Kier molecular flexibility index (Phi) is 6.69. The number of carbonyl (C=O) groups excluding carboxylic acids is 1. The minimum absolute atomic E-state index is 0.321. The van der Waals surface area contributed by atoms with Crippen LogP contribution < -0.4 is 14.8 Å². The molecule has 1 aromatic carbocycles. The zero-order valence-electron chi connectivity index (χ0n) is 13.4. The Morgan fingerprint density at radius 3 is 2.45 bits per heavy atom. The van der Waals surface area contributed by atoms with E-state index in [1.54, 1.807) is 12.1 Å². The number of nitrogens with one attached hydrogen (secondary N) is 1. The summed E-state index contributed by atoms with van der Waals surface area (Å²) in [6.07, 6.45) is 0.918. The van der Waals surface area contributed by atoms with E-state index < -0.39 is 17.9 Å². The summed E-state index contributed by atoms with van der Waals surface area (Å²) in [6.45, 7) is 6.19. The second-order valence-electron chi connectivity index (χ2n) is 5.43. The van der Waals surface area contributed by atoms with Gasteiger partial charge in [0.05, 0.1) is 13.7 Å². The molecule has 0 bridgehead atoms. The molecule has 0 radical (unpaired) electrons. The Hall–Kier alpha value is -2.24. The van der Waals surface area contributed by atoms with Gasteiger partial charge in [0, 0.05) is 5.56 Å². The van der Waals surface area contributed by atoms with Crippen LogP contribution in [0, 0.1) is 5.92 Å². The monoisotopic (exact) mass is 309 g/mol. The number of ether oxygens (including phenoxy) is 2. The first kappa shape index (κ1) is 17.8. The number of carboxylic acids is 1. The van der Waals surface area contributed by atoms with Crippen molar-refractivity contribution < 1.29 is 24.2 Å². The van der Waals surface area contributed by atoms with E-state index in [2.05, 4.69) is 19.2 Å². The summed E-state index contributed by atoms with van der Waals surface area (Å²) in [5.74, 6) is -0.0187. The molecule has 0 aromatic heterocycles. The van der Waals surface area contributed by atoms with E-state index in [4.69, 9.17) is 14.6 Å². The normalized spacial score (nSPS) is 11.9. The van der Waals surface area contributed by atoms with Crippen molar-refractivity contribution in [2.24, 2.45) is 5.92 Å². The van der Waals surface area contributed by atoms with Gasteiger partial charge in [0.1, 0.15) is 6.04 Å². The number of benzene rings is 1. The van der Waals surface area contributed by atoms with Gasteiger partial charge in [-0.15, -0.1) is 0 Å². The SMILES string of the molecule is COc1cc(C(=O)N[C@@H](C)C(=O)O)ccc1OCCC(C)C. The molecule has 2 N–H and O–H groups in total. The van der Waals surface area contributed by atoms with Crippen LogP contribution in [0.1, 0.15) is 37.6 Å². The molecule has 1 amide bonds. The average Bonchev–Trinajstić information content (AvgIpc) is 2.46. The van der Waals surface area contributed by atoms with Crippen molar-refractivity contribution >= 4 is 11.9 Å². The molecule has 0 unspecified atom stereocenters. The van der Waals surface area contributed by atoms with Gasteiger partial charge in [-0.25, -0.2) is 0 Å². The van der Waals surface area contributed by atoms with Crippen LogP contribution in [0.25, 0.3) is 0 Å². The van der Waals surface area contributed by atoms with E-state index in [0.29, 0.717) is 29.6 Å². The molecule has 22 heavy (non-hydrogen) atoms. The molecule has 6 heteroatoms. The predicted octanol–water partition coefficient (Wildman–Crippen LogP) is 2.32. The van der Waals surface area contributed by atoms with Crippen molar-refractivity contribution in [2.45, 2.75) is 33.2 Å². The van der Waals surface area contributed by atoms with Crippen molar-refractivity contribution in [3.8, 4) is 11.5 Å². The Labute approximate surface area is 130 Å². The van der Waals surface area contributed by atoms with Gasteiger partial charge in [-0.05, 0) is 37.5 Å². The number of amides is 1. The first-order chi connectivity index (χ1) is 10.3. The summed E-state index contributed by atoms with van der Waals surface area (Å²) in [5.41, 5.74) is 0.321. The van der Waals surface area contributed by atoms with Crippen molar-refractivity contribution in [3.05, 3.63) is 23.8 Å². The first-order valence-electron chi connectivity index (χ1n) is 7.19. The second kappa shape index (κ2) is 8.26. The summed E-state index contributed by atoms with van der Waals surface area (Å²) in [7, 11) is 1.49. The number of carboxylic acid groups (broad SMARTS) is 1. The van der Waals surface area contributed by atoms with E-state index in [0.717, 1.165) is 6.42 Å². The number of methoxy groups -OCH3 is 1. The number of aliphatic carboxylic acids is 1. The molecule has 0 aliphatic heterocycles. The fraction of sp³-hybridized carbons (Fsp3) is 0.500. The molecule has 0 saturated carbocycles. The first-order valence-corrected chi connectivity index (χ1v) is 7.19. The molecule has 1 aromatic rings. The van der Waals surface area contributed by atoms with Gasteiger partial charge in [-0.3, -0.25) is 9.59 Å². The Balaban J connectivity index is 2.79. The van der Waals surface area contributed by atoms with Crippen molar-refractivity contribution in [3.63, 3.8) is 0 Å². The standard InChI is InChI=1S/C16H23NO5/c1-10(2)7-8-22-13-6-5-12(9-14(13)21-4)15(18)17-11(3)16(19)20/h5-6,9-11H,7-8H2,1-4H3,(H,17,18)(H,19,20)/t11-/m0/s1. The van der Waals surface area contributed by atoms with E-state index in [9.17, 15) is 9.59 Å². The van der Waals surface area contributed by atoms with Crippen LogP contribution in [-0.4, -0.2) is 36.7 Å². The maximum Gasteiger partial charge on any atom is 0.325 e. The molecule has 0 fully saturated rings. The van der Waals surface area contributed by atoms with Gasteiger partial charge < -0.3 is 19.9 Å². The van der Waals surface area contributed by atoms with Crippen molar-refractivity contribution in [1.82, 2.24) is 5.32 Å². The van der Waals surface area contributed by atoms with Gasteiger partial charge in [-0.2, -0.15) is 0 Å². The predicted molar refractivity (Wildman–Crippen MR) is 82.5 cm³/mol. The summed E-state index contributed by atoms with van der Waals surface area (Å²) >= 11 is 0. The molecule has 0 spiro atoms. The Morgan fingerprint density at radius 1 is 1.23 bits per heavy atom. The molecule has 0 aliphatic rings. The highest BCUT2D eigenvalue weighted by Gasteiger charge is 2.17. The highest BCUT2D eigenvalue weighted by Crippen LogP contribution is 2.28. The zero-order chi connectivity index (χ0) is 16.7. The smallest absolute Gasteiger partial charge is 0.325 e. The van der Waals surface area contributed by atoms with E-state index >= 15 is 0 Å². The number of carbonyl (C=O) groups is 2. The van der Waals surface area contributed by atoms with Crippen molar-refractivity contribution in [2.75, 3.05) is 13.7 Å². The summed E-state index contributed by atoms with van der Waals surface area (Å²) < 4.78 is 10.9. The Bertz CT molecular complexity index is 527. The summed E-state index contributed by atoms with van der Waals surface area (Å²) in [5, 5.41) is 11.2. The third-order valence-electron chi connectivity index (χ3n) is 3.10. The minimum atomic E-state index is -1.09. The summed E-state index contributed by atoms with van der Waals surface area (Å²) in [6, 6.07) is 3.81. The van der Waals surface area contributed by atoms with Crippen LogP contribution >= 0.6 is 0 Å². The highest BCUT2D eigenvalue weighted by atomic mass is 16.5. The van der Waals surface area contributed by atoms with Crippen LogP contribution in [0.3, 0.4) is 0 Å². The molecule has 0 saturated heterocycles. The van der Waals surface area contributed by atoms with E-state index in [-0.39, 0.29) is 0 Å². The fourth-order valence-electron chi connectivity index (χ4n) is 1.67.